The minimum atomic E-state index is -0.258. The molecule has 0 amide bonds. The van der Waals surface area contributed by atoms with E-state index in [1.807, 2.05) is 43.3 Å². The van der Waals surface area contributed by atoms with Crippen molar-refractivity contribution in [1.82, 2.24) is 0 Å². The summed E-state index contributed by atoms with van der Waals surface area (Å²) in [5.41, 5.74) is 2.91. The molecule has 104 valence electrons. The van der Waals surface area contributed by atoms with Crippen LogP contribution in [0.1, 0.15) is 11.3 Å². The van der Waals surface area contributed by atoms with Crippen LogP contribution in [0.2, 0.25) is 0 Å². The lowest BCUT2D eigenvalue weighted by Crippen LogP contribution is -1.77. The van der Waals surface area contributed by atoms with E-state index in [-0.39, 0.29) is 5.82 Å². The van der Waals surface area contributed by atoms with Crippen LogP contribution in [0.4, 0.5) is 10.1 Å². The molecule has 0 aliphatic rings. The highest BCUT2D eigenvalue weighted by atomic mass is 19.1. The zero-order chi connectivity index (χ0) is 14.7. The number of hydrogen-bond donors (Lipinski definition) is 0. The first-order valence-electron chi connectivity index (χ1n) is 6.67. The lowest BCUT2D eigenvalue weighted by atomic mass is 10.2. The van der Waals surface area contributed by atoms with Crippen molar-refractivity contribution >= 4 is 11.9 Å². The molecule has 0 saturated carbocycles. The number of furan rings is 1. The molecule has 0 saturated heterocycles. The number of rotatable bonds is 3. The van der Waals surface area contributed by atoms with E-state index in [9.17, 15) is 4.39 Å². The molecule has 0 unspecified atom stereocenters. The van der Waals surface area contributed by atoms with Crippen molar-refractivity contribution in [1.29, 1.82) is 0 Å². The Morgan fingerprint density at radius 3 is 2.33 bits per heavy atom. The van der Waals surface area contributed by atoms with Crippen LogP contribution in [0.15, 0.2) is 70.1 Å². The highest BCUT2D eigenvalue weighted by Crippen LogP contribution is 2.22. The zero-order valence-electron chi connectivity index (χ0n) is 11.6. The van der Waals surface area contributed by atoms with Crippen molar-refractivity contribution in [3.05, 3.63) is 77.8 Å². The van der Waals surface area contributed by atoms with E-state index in [1.165, 1.54) is 17.7 Å². The van der Waals surface area contributed by atoms with Crippen LogP contribution in [0.25, 0.3) is 11.3 Å². The molecular formula is C18H14FNO. The lowest BCUT2D eigenvalue weighted by Gasteiger charge is -1.96. The molecule has 3 heteroatoms. The molecule has 0 aliphatic heterocycles. The maximum absolute atomic E-state index is 12.9. The van der Waals surface area contributed by atoms with Gasteiger partial charge in [-0.25, -0.2) is 4.39 Å². The first-order valence-corrected chi connectivity index (χ1v) is 6.67. The Kier molecular flexibility index (Phi) is 3.65. The van der Waals surface area contributed by atoms with Crippen molar-refractivity contribution in [2.45, 2.75) is 6.92 Å². The average Bonchev–Trinajstić information content (AvgIpc) is 2.96. The second kappa shape index (κ2) is 5.75. The second-order valence-electron chi connectivity index (χ2n) is 4.80. The van der Waals surface area contributed by atoms with Crippen molar-refractivity contribution in [3.63, 3.8) is 0 Å². The maximum atomic E-state index is 12.9. The SMILES string of the molecule is Cc1ccc(N=Cc2ccc(-c3ccc(F)cc3)o2)cc1. The van der Waals surface area contributed by atoms with Gasteiger partial charge >= 0.3 is 0 Å². The summed E-state index contributed by atoms with van der Waals surface area (Å²) < 4.78 is 18.6. The van der Waals surface area contributed by atoms with E-state index in [0.717, 1.165) is 11.3 Å². The topological polar surface area (TPSA) is 25.5 Å². The van der Waals surface area contributed by atoms with Crippen LogP contribution in [-0.4, -0.2) is 6.21 Å². The van der Waals surface area contributed by atoms with Gasteiger partial charge in [-0.2, -0.15) is 0 Å². The van der Waals surface area contributed by atoms with E-state index in [0.29, 0.717) is 11.5 Å². The third kappa shape index (κ3) is 3.26. The number of nitrogens with zero attached hydrogens (tertiary/aromatic N) is 1. The number of aliphatic imine (C=N–C) groups is 1. The van der Waals surface area contributed by atoms with E-state index in [4.69, 9.17) is 4.42 Å². The molecular weight excluding hydrogens is 265 g/mol. The Labute approximate surface area is 122 Å². The highest BCUT2D eigenvalue weighted by Gasteiger charge is 2.03. The van der Waals surface area contributed by atoms with Gasteiger partial charge in [0.25, 0.3) is 0 Å². The summed E-state index contributed by atoms with van der Waals surface area (Å²) in [6.45, 7) is 2.04. The molecule has 3 aromatic rings. The van der Waals surface area contributed by atoms with E-state index in [1.54, 1.807) is 18.3 Å². The predicted molar refractivity (Wildman–Crippen MR) is 82.5 cm³/mol. The van der Waals surface area contributed by atoms with Crippen LogP contribution in [-0.2, 0) is 0 Å². The molecule has 21 heavy (non-hydrogen) atoms. The van der Waals surface area contributed by atoms with Crippen LogP contribution in [0.3, 0.4) is 0 Å². The Morgan fingerprint density at radius 1 is 0.905 bits per heavy atom. The van der Waals surface area contributed by atoms with Gasteiger partial charge in [0.2, 0.25) is 0 Å². The van der Waals surface area contributed by atoms with E-state index >= 15 is 0 Å². The summed E-state index contributed by atoms with van der Waals surface area (Å²) >= 11 is 0. The summed E-state index contributed by atoms with van der Waals surface area (Å²) in [6.07, 6.45) is 1.68. The second-order valence-corrected chi connectivity index (χ2v) is 4.80. The van der Waals surface area contributed by atoms with Gasteiger partial charge in [-0.15, -0.1) is 0 Å². The van der Waals surface area contributed by atoms with Crippen molar-refractivity contribution < 1.29 is 8.81 Å². The van der Waals surface area contributed by atoms with Gasteiger partial charge in [-0.05, 0) is 55.5 Å². The lowest BCUT2D eigenvalue weighted by molar-refractivity contribution is 0.574. The van der Waals surface area contributed by atoms with Crippen LogP contribution >= 0.6 is 0 Å². The summed E-state index contributed by atoms with van der Waals surface area (Å²) in [4.78, 5) is 4.36. The Balaban J connectivity index is 1.78. The zero-order valence-corrected chi connectivity index (χ0v) is 11.6. The van der Waals surface area contributed by atoms with Gasteiger partial charge in [0.15, 0.2) is 0 Å². The largest absolute Gasteiger partial charge is 0.455 e. The molecule has 0 aliphatic carbocycles. The fourth-order valence-corrected chi connectivity index (χ4v) is 1.96. The smallest absolute Gasteiger partial charge is 0.145 e. The monoisotopic (exact) mass is 279 g/mol. The number of hydrogen-bond acceptors (Lipinski definition) is 2. The molecule has 0 spiro atoms. The van der Waals surface area contributed by atoms with Gasteiger partial charge in [0.05, 0.1) is 11.9 Å². The fraction of sp³-hybridized carbons (Fsp3) is 0.0556. The first kappa shape index (κ1) is 13.3. The molecule has 2 nitrogen and oxygen atoms in total. The number of aryl methyl sites for hydroxylation is 1. The molecule has 0 fully saturated rings. The van der Waals surface area contributed by atoms with Crippen molar-refractivity contribution in [2.24, 2.45) is 4.99 Å². The van der Waals surface area contributed by atoms with Crippen molar-refractivity contribution in [3.8, 4) is 11.3 Å². The first-order chi connectivity index (χ1) is 10.2. The Bertz CT molecular complexity index is 755. The van der Waals surface area contributed by atoms with E-state index < -0.39 is 0 Å². The summed E-state index contributed by atoms with van der Waals surface area (Å²) in [5, 5.41) is 0. The molecule has 0 bridgehead atoms. The third-order valence-electron chi connectivity index (χ3n) is 3.13. The quantitative estimate of drug-likeness (QED) is 0.609. The average molecular weight is 279 g/mol. The predicted octanol–water partition coefficient (Wildman–Crippen LogP) is 5.14. The van der Waals surface area contributed by atoms with Crippen LogP contribution in [0, 0.1) is 12.7 Å². The van der Waals surface area contributed by atoms with Gasteiger partial charge in [-0.3, -0.25) is 4.99 Å². The standard InChI is InChI=1S/C18H14FNO/c1-13-2-8-16(9-3-13)20-12-17-10-11-18(21-17)14-4-6-15(19)7-5-14/h2-12H,1H3. The summed E-state index contributed by atoms with van der Waals surface area (Å²) in [6, 6.07) is 17.8. The molecule has 1 aromatic heterocycles. The molecule has 0 N–H and O–H groups in total. The van der Waals surface area contributed by atoms with Crippen LogP contribution < -0.4 is 0 Å². The summed E-state index contributed by atoms with van der Waals surface area (Å²) in [5.74, 6) is 1.10. The van der Waals surface area contributed by atoms with Gasteiger partial charge in [0, 0.05) is 5.56 Å². The Hall–Kier alpha value is -2.68. The van der Waals surface area contributed by atoms with Crippen LogP contribution in [0.5, 0.6) is 0 Å². The van der Waals surface area contributed by atoms with Crippen molar-refractivity contribution in [2.75, 3.05) is 0 Å². The van der Waals surface area contributed by atoms with Gasteiger partial charge < -0.3 is 4.42 Å². The molecule has 3 rings (SSSR count). The molecule has 0 atom stereocenters. The van der Waals surface area contributed by atoms with E-state index in [2.05, 4.69) is 4.99 Å². The Morgan fingerprint density at radius 2 is 1.62 bits per heavy atom. The maximum Gasteiger partial charge on any atom is 0.145 e. The number of benzene rings is 2. The molecule has 2 aromatic carbocycles. The molecule has 0 radical (unpaired) electrons. The minimum absolute atomic E-state index is 0.258. The van der Waals surface area contributed by atoms with Gasteiger partial charge in [-0.1, -0.05) is 17.7 Å². The van der Waals surface area contributed by atoms with Gasteiger partial charge in [0.1, 0.15) is 17.3 Å². The normalized spacial score (nSPS) is 11.1. The summed E-state index contributed by atoms with van der Waals surface area (Å²) in [7, 11) is 0. The highest BCUT2D eigenvalue weighted by molar-refractivity contribution is 5.79. The minimum Gasteiger partial charge on any atom is -0.455 e. The number of halogens is 1. The molecule has 1 heterocycles. The fourth-order valence-electron chi connectivity index (χ4n) is 1.96. The third-order valence-corrected chi connectivity index (χ3v) is 3.13.